The molecule has 2 aromatic rings. The van der Waals surface area contributed by atoms with Crippen LogP contribution >= 0.6 is 15.9 Å². The zero-order valence-electron chi connectivity index (χ0n) is 16.2. The fourth-order valence-electron chi connectivity index (χ4n) is 3.15. The molecule has 0 atom stereocenters. The summed E-state index contributed by atoms with van der Waals surface area (Å²) < 4.78 is 8.28. The first-order valence-corrected chi connectivity index (χ1v) is 10.6. The van der Waals surface area contributed by atoms with E-state index < -0.39 is 0 Å². The van der Waals surface area contributed by atoms with Crippen LogP contribution in [0, 0.1) is 0 Å². The number of ether oxygens (including phenoxy) is 1. The molecule has 1 aliphatic heterocycles. The lowest BCUT2D eigenvalue weighted by molar-refractivity contribution is -0.498. The minimum absolute atomic E-state index is 0.0545. The van der Waals surface area contributed by atoms with Gasteiger partial charge in [0.15, 0.2) is 0 Å². The third-order valence-electron chi connectivity index (χ3n) is 4.65. The Labute approximate surface area is 175 Å². The molecule has 0 bridgehead atoms. The van der Waals surface area contributed by atoms with Crippen LogP contribution in [0.2, 0.25) is 0 Å². The number of amides is 1. The van der Waals surface area contributed by atoms with Gasteiger partial charge in [-0.2, -0.15) is 0 Å². The van der Waals surface area contributed by atoms with Crippen LogP contribution < -0.4 is 5.43 Å². The summed E-state index contributed by atoms with van der Waals surface area (Å²) in [5, 5.41) is 0. The van der Waals surface area contributed by atoms with Gasteiger partial charge >= 0.3 is 11.7 Å². The Kier molecular flexibility index (Phi) is 7.62. The van der Waals surface area contributed by atoms with E-state index in [9.17, 15) is 4.79 Å². The number of nitrogens with one attached hydrogen (secondary N) is 1. The van der Waals surface area contributed by atoms with Gasteiger partial charge in [0, 0.05) is 4.47 Å². The fourth-order valence-corrected chi connectivity index (χ4v) is 3.41. The number of morpholine rings is 1. The average molecular weight is 445 g/mol. The van der Waals surface area contributed by atoms with Gasteiger partial charge in [-0.25, -0.2) is 4.79 Å². The van der Waals surface area contributed by atoms with Gasteiger partial charge in [0.1, 0.15) is 13.1 Å². The molecule has 1 heterocycles. The Morgan fingerprint density at radius 2 is 1.75 bits per heavy atom. The maximum Gasteiger partial charge on any atom is 0.364 e. The predicted molar refractivity (Wildman–Crippen MR) is 115 cm³/mol. The van der Waals surface area contributed by atoms with E-state index in [4.69, 9.17) is 4.74 Å². The fraction of sp³-hybridized carbons (Fsp3) is 0.364. The molecule has 0 spiro atoms. The number of amidine groups is 1. The highest BCUT2D eigenvalue weighted by Crippen LogP contribution is 2.15. The SMILES string of the molecule is CCCCN[N+](C(=O)c1ccccc1)=C(c1ccc(Br)cc1)N1CCOCC1. The number of rotatable bonds is 6. The topological polar surface area (TPSA) is 44.6 Å². The lowest BCUT2D eigenvalue weighted by atomic mass is 10.1. The molecule has 0 unspecified atom stereocenters. The Balaban J connectivity index is 2.09. The average Bonchev–Trinajstić information content (AvgIpc) is 2.75. The number of unbranched alkanes of at least 4 members (excludes halogenated alkanes) is 1. The molecular formula is C22H27BrN3O2+. The van der Waals surface area contributed by atoms with E-state index in [0.29, 0.717) is 18.8 Å². The largest absolute Gasteiger partial charge is 0.373 e. The van der Waals surface area contributed by atoms with Gasteiger partial charge in [-0.3, -0.25) is 10.3 Å². The van der Waals surface area contributed by atoms with Crippen LogP contribution in [-0.2, 0) is 4.74 Å². The summed E-state index contributed by atoms with van der Waals surface area (Å²) in [5.74, 6) is 0.821. The summed E-state index contributed by atoms with van der Waals surface area (Å²) >= 11 is 3.51. The first-order valence-electron chi connectivity index (χ1n) is 9.79. The van der Waals surface area contributed by atoms with Crippen molar-refractivity contribution in [3.63, 3.8) is 0 Å². The van der Waals surface area contributed by atoms with E-state index >= 15 is 0 Å². The molecule has 0 radical (unpaired) electrons. The van der Waals surface area contributed by atoms with Crippen molar-refractivity contribution in [3.05, 3.63) is 70.2 Å². The summed E-state index contributed by atoms with van der Waals surface area (Å²) in [6.45, 7) is 5.69. The van der Waals surface area contributed by atoms with Crippen molar-refractivity contribution in [2.24, 2.45) is 0 Å². The van der Waals surface area contributed by atoms with Gasteiger partial charge in [-0.05, 0) is 42.8 Å². The summed E-state index contributed by atoms with van der Waals surface area (Å²) in [6.07, 6.45) is 2.06. The highest BCUT2D eigenvalue weighted by Gasteiger charge is 2.31. The van der Waals surface area contributed by atoms with Crippen LogP contribution in [0.1, 0.15) is 35.7 Å². The number of hydrogen-bond acceptors (Lipinski definition) is 3. The van der Waals surface area contributed by atoms with Crippen LogP contribution in [0.25, 0.3) is 0 Å². The molecule has 0 aliphatic carbocycles. The monoisotopic (exact) mass is 444 g/mol. The number of halogens is 1. The molecule has 5 nitrogen and oxygen atoms in total. The van der Waals surface area contributed by atoms with Crippen LogP contribution in [0.15, 0.2) is 59.1 Å². The number of carbonyl (C=O) groups excluding carboxylic acids is 1. The molecular weight excluding hydrogens is 418 g/mol. The minimum atomic E-state index is -0.0545. The highest BCUT2D eigenvalue weighted by atomic mass is 79.9. The van der Waals surface area contributed by atoms with Crippen molar-refractivity contribution in [1.29, 1.82) is 0 Å². The second-order valence-corrected chi connectivity index (χ2v) is 7.61. The smallest absolute Gasteiger partial charge is 0.364 e. The summed E-state index contributed by atoms with van der Waals surface area (Å²) in [7, 11) is 0. The van der Waals surface area contributed by atoms with E-state index in [1.165, 1.54) is 0 Å². The van der Waals surface area contributed by atoms with Gasteiger partial charge in [-0.15, -0.1) is 0 Å². The van der Waals surface area contributed by atoms with Crippen LogP contribution in [0.3, 0.4) is 0 Å². The van der Waals surface area contributed by atoms with E-state index in [0.717, 1.165) is 48.3 Å². The van der Waals surface area contributed by atoms with Crippen molar-refractivity contribution >= 4 is 27.7 Å². The van der Waals surface area contributed by atoms with Crippen molar-refractivity contribution in [3.8, 4) is 0 Å². The Morgan fingerprint density at radius 3 is 2.39 bits per heavy atom. The molecule has 1 amide bonds. The van der Waals surface area contributed by atoms with E-state index in [2.05, 4.69) is 33.2 Å². The molecule has 1 saturated heterocycles. The molecule has 3 rings (SSSR count). The molecule has 148 valence electrons. The third kappa shape index (κ3) is 5.20. The zero-order valence-corrected chi connectivity index (χ0v) is 17.8. The lowest BCUT2D eigenvalue weighted by Gasteiger charge is -2.25. The molecule has 28 heavy (non-hydrogen) atoms. The Bertz CT molecular complexity index is 800. The number of carbonyl (C=O) groups is 1. The number of hydrogen-bond donors (Lipinski definition) is 1. The highest BCUT2D eigenvalue weighted by molar-refractivity contribution is 9.10. The zero-order chi connectivity index (χ0) is 19.8. The Morgan fingerprint density at radius 1 is 1.07 bits per heavy atom. The van der Waals surface area contributed by atoms with Gasteiger partial charge in [0.25, 0.3) is 0 Å². The van der Waals surface area contributed by atoms with E-state index in [-0.39, 0.29) is 5.91 Å². The summed E-state index contributed by atoms with van der Waals surface area (Å²) in [5.41, 5.74) is 5.04. The maximum atomic E-state index is 13.4. The van der Waals surface area contributed by atoms with Crippen molar-refractivity contribution in [2.75, 3.05) is 32.8 Å². The molecule has 0 saturated carbocycles. The Hall–Kier alpha value is -2.18. The van der Waals surface area contributed by atoms with Gasteiger partial charge < -0.3 is 4.74 Å². The number of benzene rings is 2. The maximum absolute atomic E-state index is 13.4. The molecule has 6 heteroatoms. The summed E-state index contributed by atoms with van der Waals surface area (Å²) in [6, 6.07) is 17.5. The lowest BCUT2D eigenvalue weighted by Crippen LogP contribution is -2.50. The van der Waals surface area contributed by atoms with Crippen molar-refractivity contribution < 1.29 is 14.2 Å². The van der Waals surface area contributed by atoms with Crippen LogP contribution in [0.4, 0.5) is 0 Å². The molecule has 1 N–H and O–H groups in total. The minimum Gasteiger partial charge on any atom is -0.373 e. The first kappa shape index (κ1) is 20.6. The van der Waals surface area contributed by atoms with Crippen molar-refractivity contribution in [2.45, 2.75) is 19.8 Å². The second kappa shape index (κ2) is 10.4. The van der Waals surface area contributed by atoms with E-state index in [1.807, 2.05) is 54.6 Å². The standard InChI is InChI=1S/C22H27BrN3O2/c1-2-3-13-24-26(22(27)19-7-5-4-6-8-19)21(25-14-16-28-17-15-25)18-9-11-20(23)12-10-18/h4-12,24H,2-3,13-17H2,1H3/q+1. The normalized spacial score (nSPS) is 15.1. The summed E-state index contributed by atoms with van der Waals surface area (Å²) in [4.78, 5) is 15.7. The quantitative estimate of drug-likeness (QED) is 0.242. The van der Waals surface area contributed by atoms with Crippen LogP contribution in [0.5, 0.6) is 0 Å². The van der Waals surface area contributed by atoms with Crippen LogP contribution in [-0.4, -0.2) is 54.2 Å². The number of hydrazine groups is 1. The first-order chi connectivity index (χ1) is 13.7. The third-order valence-corrected chi connectivity index (χ3v) is 5.18. The van der Waals surface area contributed by atoms with Gasteiger partial charge in [0.2, 0.25) is 0 Å². The van der Waals surface area contributed by atoms with Gasteiger partial charge in [-0.1, -0.05) is 52.2 Å². The number of nitrogens with zero attached hydrogens (tertiary/aromatic N) is 2. The predicted octanol–water partition coefficient (Wildman–Crippen LogP) is 3.69. The molecule has 0 aromatic heterocycles. The second-order valence-electron chi connectivity index (χ2n) is 6.70. The van der Waals surface area contributed by atoms with Crippen molar-refractivity contribution in [1.82, 2.24) is 10.3 Å². The molecule has 1 aliphatic rings. The van der Waals surface area contributed by atoms with Gasteiger partial charge in [0.05, 0.1) is 30.9 Å². The molecule has 1 fully saturated rings. The molecule has 2 aromatic carbocycles. The van der Waals surface area contributed by atoms with E-state index in [1.54, 1.807) is 4.68 Å². The number of hydrazone groups is 1.